The van der Waals surface area contributed by atoms with Gasteiger partial charge < -0.3 is 10.1 Å². The molecule has 1 amide bonds. The Morgan fingerprint density at radius 1 is 1.00 bits per heavy atom. The quantitative estimate of drug-likeness (QED) is 0.106. The van der Waals surface area contributed by atoms with Gasteiger partial charge in [0.2, 0.25) is 17.7 Å². The van der Waals surface area contributed by atoms with Crippen molar-refractivity contribution in [2.24, 2.45) is 0 Å². The number of carbonyl (C=O) groups excluding carboxylic acids is 1. The number of nitrogens with zero attached hydrogens (tertiary/aromatic N) is 3. The van der Waals surface area contributed by atoms with Gasteiger partial charge in [-0.2, -0.15) is 22.7 Å². The predicted octanol–water partition coefficient (Wildman–Crippen LogP) is 7.47. The van der Waals surface area contributed by atoms with E-state index >= 15 is 0 Å². The minimum absolute atomic E-state index is 0.0460. The summed E-state index contributed by atoms with van der Waals surface area (Å²) in [5, 5.41) is 9.45. The first-order chi connectivity index (χ1) is 22.7. The van der Waals surface area contributed by atoms with Crippen LogP contribution in [-0.4, -0.2) is 63.9 Å². The van der Waals surface area contributed by atoms with Gasteiger partial charge in [0.05, 0.1) is 17.3 Å². The van der Waals surface area contributed by atoms with Gasteiger partial charge in [-0.3, -0.25) is 14.8 Å². The Hall–Kier alpha value is -4.51. The van der Waals surface area contributed by atoms with Gasteiger partial charge in [0.15, 0.2) is 0 Å². The Morgan fingerprint density at radius 2 is 1.79 bits per heavy atom. The van der Waals surface area contributed by atoms with Gasteiger partial charge in [-0.25, -0.2) is 4.98 Å². The van der Waals surface area contributed by atoms with Crippen LogP contribution >= 0.6 is 0 Å². The maximum absolute atomic E-state index is 14.5. The molecule has 0 spiro atoms. The van der Waals surface area contributed by atoms with Crippen LogP contribution in [0.4, 0.5) is 17.6 Å². The van der Waals surface area contributed by atoms with Gasteiger partial charge >= 0.3 is 6.18 Å². The number of H-pyrrole nitrogens is 1. The lowest BCUT2D eigenvalue weighted by Crippen LogP contribution is -2.41. The van der Waals surface area contributed by atoms with Crippen LogP contribution in [0, 0.1) is 5.95 Å². The summed E-state index contributed by atoms with van der Waals surface area (Å²) in [5.74, 6) is -0.357. The van der Waals surface area contributed by atoms with Crippen molar-refractivity contribution in [2.45, 2.75) is 63.3 Å². The van der Waals surface area contributed by atoms with Gasteiger partial charge in [-0.1, -0.05) is 55.3 Å². The molecule has 11 heteroatoms. The lowest BCUT2D eigenvalue weighted by atomic mass is 9.88. The minimum Gasteiger partial charge on any atom is -0.473 e. The molecule has 1 atom stereocenters. The first kappa shape index (κ1) is 32.4. The van der Waals surface area contributed by atoms with E-state index in [9.17, 15) is 22.4 Å². The standard InChI is InChI=1S/C36H37F4N5O2/c37-35-29-20-25(14-16-31(29)43-44-35)34(30(21-36(38,39)40)24-8-2-1-3-9-24)26-15-17-33(41-22-26)47-28-12-6-18-45(23-28)19-7-13-32(46)42-27-10-4-5-11-27/h1-3,7-9,13-17,20,22,27-28H,4-6,10-12,18-19,21,23H2,(H,42,46)(H,43,44)/b13-7+,34-30-/t28-/m1/s1. The van der Waals surface area contributed by atoms with Crippen molar-refractivity contribution in [1.29, 1.82) is 0 Å². The van der Waals surface area contributed by atoms with Crippen LogP contribution in [0.15, 0.2) is 79.0 Å². The van der Waals surface area contributed by atoms with E-state index in [1.54, 1.807) is 60.7 Å². The highest BCUT2D eigenvalue weighted by atomic mass is 19.4. The van der Waals surface area contributed by atoms with Crippen molar-refractivity contribution in [2.75, 3.05) is 19.6 Å². The fraction of sp³-hybridized carbons (Fsp3) is 0.361. The lowest BCUT2D eigenvalue weighted by Gasteiger charge is -2.31. The third-order valence-electron chi connectivity index (χ3n) is 8.71. The minimum atomic E-state index is -4.50. The highest BCUT2D eigenvalue weighted by Gasteiger charge is 2.32. The molecule has 2 aliphatic rings. The molecule has 2 N–H and O–H groups in total. The second-order valence-electron chi connectivity index (χ2n) is 12.2. The third-order valence-corrected chi connectivity index (χ3v) is 8.71. The van der Waals surface area contributed by atoms with Crippen LogP contribution in [-0.2, 0) is 4.79 Å². The molecule has 2 aromatic carbocycles. The van der Waals surface area contributed by atoms with E-state index in [2.05, 4.69) is 25.4 Å². The summed E-state index contributed by atoms with van der Waals surface area (Å²) >= 11 is 0. The number of rotatable bonds is 10. The fourth-order valence-corrected chi connectivity index (χ4v) is 6.50. The lowest BCUT2D eigenvalue weighted by molar-refractivity contribution is -0.123. The normalized spacial score (nSPS) is 18.5. The summed E-state index contributed by atoms with van der Waals surface area (Å²) in [6.07, 6.45) is 5.33. The Kier molecular flexibility index (Phi) is 10.0. The van der Waals surface area contributed by atoms with E-state index < -0.39 is 18.5 Å². The molecule has 7 nitrogen and oxygen atoms in total. The Morgan fingerprint density at radius 3 is 2.53 bits per heavy atom. The summed E-state index contributed by atoms with van der Waals surface area (Å²) in [6.45, 7) is 2.17. The number of alkyl halides is 3. The molecule has 1 aliphatic carbocycles. The summed E-state index contributed by atoms with van der Waals surface area (Å²) < 4.78 is 62.8. The number of benzene rings is 2. The zero-order chi connectivity index (χ0) is 32.8. The fourth-order valence-electron chi connectivity index (χ4n) is 6.50. The number of hydrogen-bond acceptors (Lipinski definition) is 5. The largest absolute Gasteiger partial charge is 0.473 e. The van der Waals surface area contributed by atoms with Crippen LogP contribution in [0.2, 0.25) is 0 Å². The molecule has 2 aromatic heterocycles. The van der Waals surface area contributed by atoms with Crippen LogP contribution in [0.5, 0.6) is 5.88 Å². The highest BCUT2D eigenvalue weighted by Crippen LogP contribution is 2.40. The number of carbonyl (C=O) groups is 1. The first-order valence-corrected chi connectivity index (χ1v) is 16.0. The van der Waals surface area contributed by atoms with Gasteiger partial charge in [-0.05, 0) is 72.7 Å². The molecule has 0 bridgehead atoms. The number of amides is 1. The number of aromatic nitrogens is 3. The Labute approximate surface area is 270 Å². The number of ether oxygens (including phenoxy) is 1. The molecule has 246 valence electrons. The van der Waals surface area contributed by atoms with Crippen molar-refractivity contribution in [1.82, 2.24) is 25.4 Å². The average Bonchev–Trinajstić information content (AvgIpc) is 3.71. The summed E-state index contributed by atoms with van der Waals surface area (Å²) in [7, 11) is 0. The maximum Gasteiger partial charge on any atom is 0.393 e. The molecular weight excluding hydrogens is 610 g/mol. The van der Waals surface area contributed by atoms with Crippen molar-refractivity contribution >= 4 is 28.0 Å². The second-order valence-corrected chi connectivity index (χ2v) is 12.2. The highest BCUT2D eigenvalue weighted by molar-refractivity contribution is 6.00. The molecule has 6 rings (SSSR count). The SMILES string of the molecule is O=C(/C=C/CN1CCC[C@@H](Oc2ccc(/C(=C(/CC(F)(F)F)c3ccccc3)c3ccc4n[nH]c(F)c4c3)cn2)C1)NC1CCCC1. The molecular formula is C36H37F4N5O2. The number of fused-ring (bicyclic) bond motifs is 1. The summed E-state index contributed by atoms with van der Waals surface area (Å²) in [4.78, 5) is 19.0. The molecule has 4 aromatic rings. The zero-order valence-corrected chi connectivity index (χ0v) is 25.9. The van der Waals surface area contributed by atoms with Crippen LogP contribution in [0.3, 0.4) is 0 Å². The zero-order valence-electron chi connectivity index (χ0n) is 25.9. The molecule has 1 saturated carbocycles. The molecule has 3 heterocycles. The van der Waals surface area contributed by atoms with Crippen molar-refractivity contribution in [3.63, 3.8) is 0 Å². The topological polar surface area (TPSA) is 83.1 Å². The van der Waals surface area contributed by atoms with E-state index in [4.69, 9.17) is 4.74 Å². The molecule has 0 unspecified atom stereocenters. The van der Waals surface area contributed by atoms with Crippen LogP contribution in [0.25, 0.3) is 22.0 Å². The average molecular weight is 648 g/mol. The number of piperidine rings is 1. The Balaban J connectivity index is 1.22. The van der Waals surface area contributed by atoms with E-state index in [-0.39, 0.29) is 29.0 Å². The van der Waals surface area contributed by atoms with Gasteiger partial charge in [0.25, 0.3) is 0 Å². The van der Waals surface area contributed by atoms with Gasteiger partial charge in [0, 0.05) is 43.0 Å². The number of allylic oxidation sites excluding steroid dienone is 1. The second kappa shape index (κ2) is 14.5. The molecule has 0 radical (unpaired) electrons. The molecule has 2 fully saturated rings. The van der Waals surface area contributed by atoms with E-state index in [0.29, 0.717) is 46.7 Å². The molecule has 1 saturated heterocycles. The first-order valence-electron chi connectivity index (χ1n) is 16.0. The number of pyridine rings is 1. The van der Waals surface area contributed by atoms with Crippen LogP contribution < -0.4 is 10.1 Å². The molecule has 1 aliphatic heterocycles. The monoisotopic (exact) mass is 647 g/mol. The summed E-state index contributed by atoms with van der Waals surface area (Å²) in [6, 6.07) is 16.8. The van der Waals surface area contributed by atoms with Gasteiger partial charge in [0.1, 0.15) is 6.10 Å². The number of hydrogen-bond donors (Lipinski definition) is 2. The maximum atomic E-state index is 14.5. The number of halogens is 4. The predicted molar refractivity (Wildman–Crippen MR) is 173 cm³/mol. The summed E-state index contributed by atoms with van der Waals surface area (Å²) in [5.41, 5.74) is 1.96. The third kappa shape index (κ3) is 8.45. The van der Waals surface area contributed by atoms with Crippen molar-refractivity contribution < 1.29 is 27.1 Å². The van der Waals surface area contributed by atoms with E-state index in [0.717, 1.165) is 45.1 Å². The van der Waals surface area contributed by atoms with E-state index in [1.807, 2.05) is 6.08 Å². The number of nitrogens with one attached hydrogen (secondary N) is 2. The smallest absolute Gasteiger partial charge is 0.393 e. The van der Waals surface area contributed by atoms with Gasteiger partial charge in [-0.15, -0.1) is 0 Å². The Bertz CT molecular complexity index is 1730. The molecule has 47 heavy (non-hydrogen) atoms. The van der Waals surface area contributed by atoms with Crippen LogP contribution in [0.1, 0.15) is 61.6 Å². The van der Waals surface area contributed by atoms with Crippen molar-refractivity contribution in [3.05, 3.63) is 102 Å². The number of aromatic amines is 1. The number of likely N-dealkylation sites (tertiary alicyclic amines) is 1. The van der Waals surface area contributed by atoms with Crippen molar-refractivity contribution in [3.8, 4) is 5.88 Å². The van der Waals surface area contributed by atoms with E-state index in [1.165, 1.54) is 12.3 Å².